The van der Waals surface area contributed by atoms with Crippen LogP contribution < -0.4 is 4.74 Å². The first-order valence-corrected chi connectivity index (χ1v) is 8.20. The molecule has 7 heteroatoms. The van der Waals surface area contributed by atoms with E-state index in [1.807, 2.05) is 31.2 Å². The van der Waals surface area contributed by atoms with Gasteiger partial charge in [-0.3, -0.25) is 10.00 Å². The van der Waals surface area contributed by atoms with Gasteiger partial charge in [-0.15, -0.1) is 0 Å². The van der Waals surface area contributed by atoms with Gasteiger partial charge in [-0.05, 0) is 31.5 Å². The summed E-state index contributed by atoms with van der Waals surface area (Å²) in [5.41, 5.74) is 0. The average Bonchev–Trinajstić information content (AvgIpc) is 2.99. The van der Waals surface area contributed by atoms with E-state index in [4.69, 9.17) is 21.1 Å². The second kappa shape index (κ2) is 7.77. The topological polar surface area (TPSA) is 63.3 Å². The number of benzene rings is 1. The minimum Gasteiger partial charge on any atom is -0.493 e. The van der Waals surface area contributed by atoms with E-state index in [0.29, 0.717) is 18.2 Å². The van der Waals surface area contributed by atoms with Crippen molar-refractivity contribution in [3.63, 3.8) is 0 Å². The number of hydrogen-bond donors (Lipinski definition) is 1. The molecule has 1 saturated heterocycles. The van der Waals surface area contributed by atoms with Crippen LogP contribution in [0.5, 0.6) is 5.75 Å². The van der Waals surface area contributed by atoms with Crippen LogP contribution in [0, 0.1) is 6.92 Å². The zero-order chi connectivity index (χ0) is 16.1. The zero-order valence-electron chi connectivity index (χ0n) is 13.2. The summed E-state index contributed by atoms with van der Waals surface area (Å²) in [4.78, 5) is 6.72. The Bertz CT molecular complexity index is 634. The van der Waals surface area contributed by atoms with E-state index in [2.05, 4.69) is 20.1 Å². The lowest BCUT2D eigenvalue weighted by atomic mass is 10.2. The molecule has 0 bridgehead atoms. The summed E-state index contributed by atoms with van der Waals surface area (Å²) < 4.78 is 11.5. The van der Waals surface area contributed by atoms with E-state index in [-0.39, 0.29) is 6.10 Å². The van der Waals surface area contributed by atoms with E-state index < -0.39 is 0 Å². The molecule has 124 valence electrons. The fourth-order valence-corrected chi connectivity index (χ4v) is 2.78. The van der Waals surface area contributed by atoms with Gasteiger partial charge < -0.3 is 9.47 Å². The first kappa shape index (κ1) is 16.2. The van der Waals surface area contributed by atoms with Crippen molar-refractivity contribution in [1.29, 1.82) is 0 Å². The van der Waals surface area contributed by atoms with Gasteiger partial charge in [0.15, 0.2) is 5.82 Å². The van der Waals surface area contributed by atoms with Gasteiger partial charge in [0.1, 0.15) is 17.7 Å². The van der Waals surface area contributed by atoms with Gasteiger partial charge in [0.25, 0.3) is 0 Å². The lowest BCUT2D eigenvalue weighted by molar-refractivity contribution is -0.0351. The highest BCUT2D eigenvalue weighted by molar-refractivity contribution is 6.30. The van der Waals surface area contributed by atoms with Crippen molar-refractivity contribution >= 4 is 11.6 Å². The largest absolute Gasteiger partial charge is 0.493 e. The van der Waals surface area contributed by atoms with Gasteiger partial charge in [0.2, 0.25) is 0 Å². The number of nitrogens with zero attached hydrogens (tertiary/aromatic N) is 3. The van der Waals surface area contributed by atoms with Gasteiger partial charge in [-0.25, -0.2) is 4.98 Å². The van der Waals surface area contributed by atoms with Crippen molar-refractivity contribution in [2.45, 2.75) is 19.4 Å². The number of H-pyrrole nitrogens is 1. The van der Waals surface area contributed by atoms with Gasteiger partial charge in [0.05, 0.1) is 13.2 Å². The zero-order valence-corrected chi connectivity index (χ0v) is 13.9. The molecule has 1 aromatic heterocycles. The molecule has 1 aliphatic heterocycles. The number of aromatic amines is 1. The van der Waals surface area contributed by atoms with Crippen LogP contribution >= 0.6 is 11.6 Å². The van der Waals surface area contributed by atoms with E-state index in [1.54, 1.807) is 0 Å². The average molecular weight is 337 g/mol. The molecule has 0 radical (unpaired) electrons. The Labute approximate surface area is 140 Å². The summed E-state index contributed by atoms with van der Waals surface area (Å²) in [6.45, 7) is 5.97. The van der Waals surface area contributed by atoms with E-state index in [1.165, 1.54) is 0 Å². The summed E-state index contributed by atoms with van der Waals surface area (Å²) in [5.74, 6) is 2.37. The number of hydrogen-bond acceptors (Lipinski definition) is 5. The number of nitrogens with one attached hydrogen (secondary N) is 1. The number of halogens is 1. The second-order valence-corrected chi connectivity index (χ2v) is 6.03. The summed E-state index contributed by atoms with van der Waals surface area (Å²) >= 11 is 5.94. The Balaban J connectivity index is 1.41. The van der Waals surface area contributed by atoms with Crippen LogP contribution in [0.15, 0.2) is 24.3 Å². The Morgan fingerprint density at radius 2 is 2.39 bits per heavy atom. The van der Waals surface area contributed by atoms with E-state index >= 15 is 0 Å². The van der Waals surface area contributed by atoms with Crippen molar-refractivity contribution in [3.8, 4) is 5.75 Å². The number of aryl methyl sites for hydroxylation is 1. The highest BCUT2D eigenvalue weighted by Crippen LogP contribution is 2.20. The van der Waals surface area contributed by atoms with Crippen LogP contribution in [-0.2, 0) is 4.74 Å². The summed E-state index contributed by atoms with van der Waals surface area (Å²) in [7, 11) is 0. The lowest BCUT2D eigenvalue weighted by Gasteiger charge is -2.31. The molecule has 1 aromatic carbocycles. The SMILES string of the molecule is Cc1nc([C@H]2CN(CCCOc3cccc(Cl)c3)CCO2)n[nH]1. The van der Waals surface area contributed by atoms with Crippen LogP contribution in [0.25, 0.3) is 0 Å². The standard InChI is InChI=1S/C16H21ClN4O2/c1-12-18-16(20-19-12)15-11-21(7-9-23-15)6-3-8-22-14-5-2-4-13(17)10-14/h2,4-5,10,15H,3,6-9,11H2,1H3,(H,18,19,20)/t15-/m1/s1. The Kier molecular flexibility index (Phi) is 5.48. The molecule has 0 aliphatic carbocycles. The van der Waals surface area contributed by atoms with Gasteiger partial charge in [-0.1, -0.05) is 17.7 Å². The molecule has 2 heterocycles. The third-order valence-electron chi connectivity index (χ3n) is 3.74. The van der Waals surface area contributed by atoms with Crippen LogP contribution in [0.1, 0.15) is 24.2 Å². The van der Waals surface area contributed by atoms with Gasteiger partial charge in [-0.2, -0.15) is 5.10 Å². The number of rotatable bonds is 6. The van der Waals surface area contributed by atoms with Gasteiger partial charge >= 0.3 is 0 Å². The molecular weight excluding hydrogens is 316 g/mol. The lowest BCUT2D eigenvalue weighted by Crippen LogP contribution is -2.39. The summed E-state index contributed by atoms with van der Waals surface area (Å²) in [5, 5.41) is 7.75. The quantitative estimate of drug-likeness (QED) is 0.821. The molecular formula is C16H21ClN4O2. The monoisotopic (exact) mass is 336 g/mol. The molecule has 1 fully saturated rings. The van der Waals surface area contributed by atoms with Crippen molar-refractivity contribution in [1.82, 2.24) is 20.1 Å². The van der Waals surface area contributed by atoms with Crippen molar-refractivity contribution < 1.29 is 9.47 Å². The van der Waals surface area contributed by atoms with Crippen molar-refractivity contribution in [2.75, 3.05) is 32.8 Å². The first-order chi connectivity index (χ1) is 11.2. The van der Waals surface area contributed by atoms with Crippen molar-refractivity contribution in [3.05, 3.63) is 40.9 Å². The fraction of sp³-hybridized carbons (Fsp3) is 0.500. The molecule has 0 unspecified atom stereocenters. The van der Waals surface area contributed by atoms with Crippen LogP contribution in [-0.4, -0.2) is 52.9 Å². The molecule has 0 saturated carbocycles. The maximum atomic E-state index is 5.94. The molecule has 3 rings (SSSR count). The smallest absolute Gasteiger partial charge is 0.180 e. The summed E-state index contributed by atoms with van der Waals surface area (Å²) in [6, 6.07) is 7.48. The summed E-state index contributed by atoms with van der Waals surface area (Å²) in [6.07, 6.45) is 0.897. The molecule has 0 amide bonds. The first-order valence-electron chi connectivity index (χ1n) is 7.82. The second-order valence-electron chi connectivity index (χ2n) is 5.60. The van der Waals surface area contributed by atoms with E-state index in [9.17, 15) is 0 Å². The normalized spacial score (nSPS) is 19.0. The number of aromatic nitrogens is 3. The molecule has 23 heavy (non-hydrogen) atoms. The van der Waals surface area contributed by atoms with Gasteiger partial charge in [0, 0.05) is 24.7 Å². The maximum Gasteiger partial charge on any atom is 0.180 e. The Hall–Kier alpha value is -1.63. The predicted octanol–water partition coefficient (Wildman–Crippen LogP) is 2.61. The minimum absolute atomic E-state index is 0.0532. The number of morpholine rings is 1. The predicted molar refractivity (Wildman–Crippen MR) is 87.8 cm³/mol. The Morgan fingerprint density at radius 1 is 1.48 bits per heavy atom. The molecule has 1 N–H and O–H groups in total. The molecule has 6 nitrogen and oxygen atoms in total. The highest BCUT2D eigenvalue weighted by atomic mass is 35.5. The molecule has 0 spiro atoms. The highest BCUT2D eigenvalue weighted by Gasteiger charge is 2.24. The molecule has 1 atom stereocenters. The Morgan fingerprint density at radius 3 is 3.17 bits per heavy atom. The third kappa shape index (κ3) is 4.67. The fourth-order valence-electron chi connectivity index (χ4n) is 2.60. The number of ether oxygens (including phenoxy) is 2. The third-order valence-corrected chi connectivity index (χ3v) is 3.97. The minimum atomic E-state index is -0.0532. The maximum absolute atomic E-state index is 5.94. The van der Waals surface area contributed by atoms with Crippen LogP contribution in [0.2, 0.25) is 5.02 Å². The molecule has 1 aliphatic rings. The van der Waals surface area contributed by atoms with E-state index in [0.717, 1.165) is 43.5 Å². The van der Waals surface area contributed by atoms with Crippen LogP contribution in [0.3, 0.4) is 0 Å². The molecule has 2 aromatic rings. The van der Waals surface area contributed by atoms with Crippen LogP contribution in [0.4, 0.5) is 0 Å². The van der Waals surface area contributed by atoms with Crippen molar-refractivity contribution in [2.24, 2.45) is 0 Å².